The van der Waals surface area contributed by atoms with Crippen molar-refractivity contribution in [1.82, 2.24) is 4.98 Å². The number of hydrogen-bond donors (Lipinski definition) is 0. The van der Waals surface area contributed by atoms with E-state index in [4.69, 9.17) is 4.98 Å². The highest BCUT2D eigenvalue weighted by Crippen LogP contribution is 2.41. The van der Waals surface area contributed by atoms with Crippen molar-refractivity contribution in [2.24, 2.45) is 17.8 Å². The molecule has 1 aromatic carbocycles. The second kappa shape index (κ2) is 7.95. The molecule has 1 nitrogen and oxygen atoms in total. The third-order valence-corrected chi connectivity index (χ3v) is 5.07. The number of rotatable bonds is 4. The quantitative estimate of drug-likeness (QED) is 0.798. The SMILES string of the molecule is CCC(C)C.Fc1ccc(CCc2ccc3c(n2)=CC2CC2C=3)cc1.[HH]. The Balaban J connectivity index is 0.000000362. The summed E-state index contributed by atoms with van der Waals surface area (Å²) in [5, 5.41) is 2.44. The number of hydrogen-bond acceptors (Lipinski definition) is 1. The number of nitrogens with zero attached hydrogens (tertiary/aromatic N) is 1. The minimum absolute atomic E-state index is 0. The van der Waals surface area contributed by atoms with Gasteiger partial charge in [0.2, 0.25) is 0 Å². The Kier molecular flexibility index (Phi) is 5.67. The van der Waals surface area contributed by atoms with Crippen LogP contribution in [0.15, 0.2) is 36.4 Å². The van der Waals surface area contributed by atoms with Gasteiger partial charge in [-0.2, -0.15) is 0 Å². The maximum Gasteiger partial charge on any atom is 0.123 e. The fraction of sp³-hybridized carbons (Fsp3) is 0.435. The summed E-state index contributed by atoms with van der Waals surface area (Å²) in [7, 11) is 0. The summed E-state index contributed by atoms with van der Waals surface area (Å²) in [6.07, 6.45) is 9.09. The predicted molar refractivity (Wildman–Crippen MR) is 105 cm³/mol. The zero-order valence-corrected chi connectivity index (χ0v) is 15.5. The Labute approximate surface area is 151 Å². The van der Waals surface area contributed by atoms with Gasteiger partial charge in [0.1, 0.15) is 5.82 Å². The fourth-order valence-electron chi connectivity index (χ4n) is 2.92. The average Bonchev–Trinajstić information content (AvgIpc) is 3.37. The van der Waals surface area contributed by atoms with Crippen molar-refractivity contribution in [1.29, 1.82) is 0 Å². The largest absolute Gasteiger partial charge is 0.253 e. The molecule has 134 valence electrons. The van der Waals surface area contributed by atoms with Crippen LogP contribution in [0.25, 0.3) is 12.2 Å². The molecular weight excluding hydrogens is 309 g/mol. The molecule has 1 fully saturated rings. The molecule has 0 saturated heterocycles. The first-order valence-electron chi connectivity index (χ1n) is 9.49. The summed E-state index contributed by atoms with van der Waals surface area (Å²) in [5.74, 6) is 2.22. The molecule has 0 amide bonds. The first-order valence-corrected chi connectivity index (χ1v) is 9.49. The zero-order valence-electron chi connectivity index (χ0n) is 15.5. The summed E-state index contributed by atoms with van der Waals surface area (Å²) in [6, 6.07) is 11.0. The van der Waals surface area contributed by atoms with E-state index in [2.05, 4.69) is 45.1 Å². The average molecular weight is 339 g/mol. The number of aryl methyl sites for hydroxylation is 2. The van der Waals surface area contributed by atoms with Gasteiger partial charge in [-0.3, -0.25) is 4.98 Å². The Morgan fingerprint density at radius 1 is 1.04 bits per heavy atom. The van der Waals surface area contributed by atoms with Gasteiger partial charge in [-0.25, -0.2) is 4.39 Å². The Bertz CT molecular complexity index is 826. The van der Waals surface area contributed by atoms with Gasteiger partial charge in [-0.05, 0) is 66.0 Å². The number of fused-ring (bicyclic) bond motifs is 2. The number of aromatic nitrogens is 1. The molecule has 2 aliphatic rings. The van der Waals surface area contributed by atoms with Gasteiger partial charge in [-0.15, -0.1) is 0 Å². The summed E-state index contributed by atoms with van der Waals surface area (Å²) >= 11 is 0. The molecule has 2 aliphatic carbocycles. The third-order valence-electron chi connectivity index (χ3n) is 5.07. The fourth-order valence-corrected chi connectivity index (χ4v) is 2.92. The Hall–Kier alpha value is -1.96. The standard InChI is InChI=1S/C18H16FN.C5H12.H2/c19-16-5-1-12(2-6-16)3-7-17-8-4-13-9-14-10-15(14)11-18(13)20-17;1-4-5(2)3;/h1-2,4-6,8-9,11,14-15H,3,7,10H2;5H,4H2,1-3H3;1H. The van der Waals surface area contributed by atoms with Crippen molar-refractivity contribution in [2.75, 3.05) is 0 Å². The number of benzene rings is 1. The van der Waals surface area contributed by atoms with Crippen molar-refractivity contribution in [2.45, 2.75) is 46.5 Å². The Morgan fingerprint density at radius 2 is 1.72 bits per heavy atom. The predicted octanol–water partition coefficient (Wildman–Crippen LogP) is 4.52. The lowest BCUT2D eigenvalue weighted by atomic mass is 10.1. The van der Waals surface area contributed by atoms with Gasteiger partial charge in [0.15, 0.2) is 0 Å². The monoisotopic (exact) mass is 339 g/mol. The van der Waals surface area contributed by atoms with Gasteiger partial charge in [0.05, 0.1) is 5.35 Å². The topological polar surface area (TPSA) is 12.9 Å². The van der Waals surface area contributed by atoms with Crippen LogP contribution in [-0.2, 0) is 12.8 Å². The lowest BCUT2D eigenvalue weighted by molar-refractivity contribution is 0.626. The minimum Gasteiger partial charge on any atom is -0.253 e. The molecular formula is C23H30FN. The molecule has 1 saturated carbocycles. The van der Waals surface area contributed by atoms with Gasteiger partial charge < -0.3 is 0 Å². The maximum absolute atomic E-state index is 12.9. The molecule has 0 N–H and O–H groups in total. The van der Waals surface area contributed by atoms with Crippen LogP contribution in [0.3, 0.4) is 0 Å². The van der Waals surface area contributed by atoms with E-state index in [1.54, 1.807) is 0 Å². The number of pyridine rings is 1. The van der Waals surface area contributed by atoms with E-state index in [-0.39, 0.29) is 7.24 Å². The molecule has 4 rings (SSSR count). The summed E-state index contributed by atoms with van der Waals surface area (Å²) in [6.45, 7) is 6.64. The molecule has 0 spiro atoms. The second-order valence-electron chi connectivity index (χ2n) is 7.60. The molecule has 2 heteroatoms. The highest BCUT2D eigenvalue weighted by atomic mass is 19.1. The lowest BCUT2D eigenvalue weighted by Crippen LogP contribution is -2.31. The van der Waals surface area contributed by atoms with E-state index in [9.17, 15) is 4.39 Å². The van der Waals surface area contributed by atoms with Crippen LogP contribution in [0.1, 0.15) is 46.3 Å². The van der Waals surface area contributed by atoms with Crippen molar-refractivity contribution in [3.8, 4) is 0 Å². The zero-order chi connectivity index (χ0) is 17.8. The molecule has 2 unspecified atom stereocenters. The molecule has 0 aliphatic heterocycles. The molecule has 2 atom stereocenters. The van der Waals surface area contributed by atoms with Crippen LogP contribution in [0, 0.1) is 23.6 Å². The van der Waals surface area contributed by atoms with Gasteiger partial charge >= 0.3 is 0 Å². The van der Waals surface area contributed by atoms with Crippen LogP contribution in [0.5, 0.6) is 0 Å². The summed E-state index contributed by atoms with van der Waals surface area (Å²) in [5.41, 5.74) is 2.28. The van der Waals surface area contributed by atoms with Crippen molar-refractivity contribution < 1.29 is 5.82 Å². The second-order valence-corrected chi connectivity index (χ2v) is 7.60. The van der Waals surface area contributed by atoms with Crippen LogP contribution < -0.4 is 10.6 Å². The molecule has 0 bridgehead atoms. The van der Waals surface area contributed by atoms with E-state index < -0.39 is 0 Å². The maximum atomic E-state index is 12.9. The highest BCUT2D eigenvalue weighted by Gasteiger charge is 2.34. The van der Waals surface area contributed by atoms with Crippen LogP contribution in [-0.4, -0.2) is 4.98 Å². The molecule has 1 heterocycles. The van der Waals surface area contributed by atoms with Crippen molar-refractivity contribution >= 4 is 12.2 Å². The molecule has 2 aromatic rings. The lowest BCUT2D eigenvalue weighted by Gasteiger charge is -2.04. The van der Waals surface area contributed by atoms with Crippen LogP contribution in [0.4, 0.5) is 4.39 Å². The molecule has 25 heavy (non-hydrogen) atoms. The van der Waals surface area contributed by atoms with Crippen molar-refractivity contribution in [3.63, 3.8) is 0 Å². The highest BCUT2D eigenvalue weighted by molar-refractivity contribution is 5.47. The first kappa shape index (κ1) is 17.8. The number of halogens is 1. The van der Waals surface area contributed by atoms with E-state index in [1.807, 2.05) is 12.1 Å². The van der Waals surface area contributed by atoms with Crippen molar-refractivity contribution in [3.05, 3.63) is 64.0 Å². The summed E-state index contributed by atoms with van der Waals surface area (Å²) < 4.78 is 12.9. The molecule has 1 aromatic heterocycles. The smallest absolute Gasteiger partial charge is 0.123 e. The van der Waals surface area contributed by atoms with Crippen LogP contribution in [0.2, 0.25) is 0 Å². The third kappa shape index (κ3) is 5.01. The first-order chi connectivity index (χ1) is 12.0. The minimum atomic E-state index is -0.176. The van der Waals surface area contributed by atoms with E-state index in [1.165, 1.54) is 30.2 Å². The normalized spacial score (nSPS) is 19.7. The Morgan fingerprint density at radius 3 is 2.40 bits per heavy atom. The van der Waals surface area contributed by atoms with Gasteiger partial charge in [0, 0.05) is 7.12 Å². The van der Waals surface area contributed by atoms with Crippen LogP contribution >= 0.6 is 0 Å². The molecule has 0 radical (unpaired) electrons. The van der Waals surface area contributed by atoms with E-state index >= 15 is 0 Å². The summed E-state index contributed by atoms with van der Waals surface area (Å²) in [4.78, 5) is 4.76. The van der Waals surface area contributed by atoms with Gasteiger partial charge in [0.25, 0.3) is 0 Å². The van der Waals surface area contributed by atoms with Gasteiger partial charge in [-0.1, -0.05) is 57.5 Å². The van der Waals surface area contributed by atoms with E-state index in [0.29, 0.717) is 0 Å². The van der Waals surface area contributed by atoms with E-state index in [0.717, 1.165) is 47.2 Å².